The van der Waals surface area contributed by atoms with Crippen LogP contribution in [0, 0.1) is 17.8 Å². The third kappa shape index (κ3) is 48.5. The molecule has 0 heterocycles. The fourth-order valence-corrected chi connectivity index (χ4v) is 3.58. The van der Waals surface area contributed by atoms with Crippen molar-refractivity contribution in [1.82, 2.24) is 58.1 Å². The number of unbranched alkanes of at least 4 members (excludes halogenated alkanes) is 1. The SMILES string of the molecule is [2H]CC(=O)N(CNC(=O)OC)CNC(=O)OC.[2H]CC(C(=O)NC)C(=O)NC.[2H]CC(CCCCNC(=O)OC)NC(=O)OC.[2H]CC(CNC(=O)OC)CNC(=O)OC.[2H]CC(CNC(=O)OC)CNC(=O)OC. The van der Waals surface area contributed by atoms with E-state index in [0.29, 0.717) is 13.0 Å². The van der Waals surface area contributed by atoms with Crippen LogP contribution in [0.1, 0.15) is 60.6 Å². The predicted octanol–water partition coefficient (Wildman–Crippen LogP) is 0.503. The number of carbonyl (C=O) groups excluding carboxylic acids is 11. The van der Waals surface area contributed by atoms with Crippen LogP contribution in [0.3, 0.4) is 0 Å². The number of alkyl carbamates (subject to hydrolysis) is 8. The van der Waals surface area contributed by atoms with E-state index in [2.05, 4.69) is 91.1 Å². The van der Waals surface area contributed by atoms with E-state index in [-0.39, 0.29) is 85.0 Å². The van der Waals surface area contributed by atoms with Crippen LogP contribution in [0.4, 0.5) is 38.4 Å². The van der Waals surface area contributed by atoms with E-state index in [1.165, 1.54) is 71.0 Å². The van der Waals surface area contributed by atoms with Crippen molar-refractivity contribution in [3.63, 3.8) is 0 Å². The topological polar surface area (TPSA) is 385 Å². The second-order valence-electron chi connectivity index (χ2n) is 12.8. The summed E-state index contributed by atoms with van der Waals surface area (Å²) in [5.74, 6) is -2.60. The molecular formula is C40H79N11O19. The number of ether oxygens (including phenoxy) is 8. The van der Waals surface area contributed by atoms with Crippen molar-refractivity contribution < 1.29 is 97.5 Å². The van der Waals surface area contributed by atoms with Gasteiger partial charge in [-0.05, 0) is 44.9 Å². The molecule has 0 aliphatic carbocycles. The van der Waals surface area contributed by atoms with Crippen molar-refractivity contribution >= 4 is 66.5 Å². The summed E-state index contributed by atoms with van der Waals surface area (Å²) in [6.45, 7) is 0.867. The monoisotopic (exact) mass is 1020 g/mol. The lowest BCUT2D eigenvalue weighted by atomic mass is 10.1. The largest absolute Gasteiger partial charge is 0.453 e. The normalized spacial score (nSPS) is 10.7. The first kappa shape index (κ1) is 60.6. The average Bonchev–Trinajstić information content (AvgIpc) is 3.44. The Morgan fingerprint density at radius 1 is 0.443 bits per heavy atom. The summed E-state index contributed by atoms with van der Waals surface area (Å²) in [6.07, 6.45) is -2.34. The molecule has 0 spiro atoms. The van der Waals surface area contributed by atoms with Crippen LogP contribution in [-0.2, 0) is 52.3 Å². The Balaban J connectivity index is -0.000000274. The lowest BCUT2D eigenvalue weighted by molar-refractivity contribution is -0.134. The zero-order valence-electron chi connectivity index (χ0n) is 46.6. The van der Waals surface area contributed by atoms with Gasteiger partial charge in [0.05, 0.1) is 70.2 Å². The number of amides is 11. The number of carbonyl (C=O) groups is 11. The first-order chi connectivity index (χ1) is 35.6. The molecule has 0 rings (SSSR count). The molecule has 0 aromatic rings. The minimum absolute atomic E-state index is 0.0913. The van der Waals surface area contributed by atoms with E-state index in [0.717, 1.165) is 17.7 Å². The zero-order valence-corrected chi connectivity index (χ0v) is 41.6. The highest BCUT2D eigenvalue weighted by atomic mass is 16.6. The summed E-state index contributed by atoms with van der Waals surface area (Å²) in [6, 6.07) is -0.208. The van der Waals surface area contributed by atoms with E-state index in [9.17, 15) is 52.7 Å². The summed E-state index contributed by atoms with van der Waals surface area (Å²) in [5.41, 5.74) is 0. The van der Waals surface area contributed by atoms with Crippen molar-refractivity contribution in [3.05, 3.63) is 0 Å². The molecule has 1 unspecified atom stereocenters. The van der Waals surface area contributed by atoms with Crippen LogP contribution >= 0.6 is 0 Å². The third-order valence-electron chi connectivity index (χ3n) is 7.50. The Kier molecular flexibility index (Phi) is 41.6. The number of methoxy groups -OCH3 is 8. The van der Waals surface area contributed by atoms with Crippen molar-refractivity contribution in [2.24, 2.45) is 17.8 Å². The lowest BCUT2D eigenvalue weighted by Gasteiger charge is -2.20. The van der Waals surface area contributed by atoms with Gasteiger partial charge in [0, 0.05) is 66.6 Å². The zero-order chi connectivity index (χ0) is 58.6. The number of nitrogens with zero attached hydrogens (tertiary/aromatic N) is 1. The van der Waals surface area contributed by atoms with Gasteiger partial charge in [0.15, 0.2) is 0 Å². The molecule has 70 heavy (non-hydrogen) atoms. The number of nitrogens with one attached hydrogen (secondary N) is 10. The molecule has 11 amide bonds. The van der Waals surface area contributed by atoms with Crippen LogP contribution in [0.5, 0.6) is 0 Å². The predicted molar refractivity (Wildman–Crippen MR) is 250 cm³/mol. The minimum Gasteiger partial charge on any atom is -0.453 e. The fraction of sp³-hybridized carbons (Fsp3) is 0.725. The van der Waals surface area contributed by atoms with Gasteiger partial charge in [0.2, 0.25) is 17.7 Å². The molecule has 0 aromatic carbocycles. The molecule has 0 aromatic heterocycles. The van der Waals surface area contributed by atoms with Crippen LogP contribution in [0.2, 0.25) is 0 Å². The van der Waals surface area contributed by atoms with E-state index in [1.54, 1.807) is 0 Å². The first-order valence-electron chi connectivity index (χ1n) is 23.9. The van der Waals surface area contributed by atoms with E-state index in [1.807, 2.05) is 0 Å². The fourth-order valence-electron chi connectivity index (χ4n) is 3.58. The quantitative estimate of drug-likeness (QED) is 0.0343. The van der Waals surface area contributed by atoms with E-state index >= 15 is 0 Å². The summed E-state index contributed by atoms with van der Waals surface area (Å²) in [5, 5.41) is 24.1. The Morgan fingerprint density at radius 3 is 1.07 bits per heavy atom. The molecule has 1 atom stereocenters. The van der Waals surface area contributed by atoms with Gasteiger partial charge < -0.3 is 96.0 Å². The second-order valence-corrected chi connectivity index (χ2v) is 12.8. The maximum absolute atomic E-state index is 11.3. The van der Waals surface area contributed by atoms with Crippen LogP contribution < -0.4 is 53.2 Å². The van der Waals surface area contributed by atoms with Crippen LogP contribution in [0.15, 0.2) is 0 Å². The Morgan fingerprint density at radius 2 is 0.786 bits per heavy atom. The van der Waals surface area contributed by atoms with Gasteiger partial charge in [0.1, 0.15) is 5.92 Å². The number of hydrogen-bond donors (Lipinski definition) is 10. The van der Waals surface area contributed by atoms with Gasteiger partial charge in [-0.15, -0.1) is 0 Å². The molecular weight excluding hydrogens is 938 g/mol. The molecule has 30 heteroatoms. The first-order valence-corrected chi connectivity index (χ1v) is 20.4. The summed E-state index contributed by atoms with van der Waals surface area (Å²) in [7, 11) is 12.9. The molecule has 0 bridgehead atoms. The van der Waals surface area contributed by atoms with Gasteiger partial charge in [-0.25, -0.2) is 38.4 Å². The molecule has 0 saturated carbocycles. The van der Waals surface area contributed by atoms with Gasteiger partial charge >= 0.3 is 48.7 Å². The molecule has 0 aliphatic heterocycles. The smallest absolute Gasteiger partial charge is 0.408 e. The number of hydrogen-bond acceptors (Lipinski definition) is 19. The molecule has 0 fully saturated rings. The second kappa shape index (κ2) is 48.0. The Labute approximate surface area is 416 Å². The standard InChI is InChI=1S/C10H20N2O4.C8H15N3O5.2C8H16N2O4.C6H12N2O2/c1-8(12-10(14)16-3)6-4-5-7-11-9(13)15-2;1-6(12)11(4-9-7(13)15-2)5-10-8(14)16-3;2*1-6(4-9-7(11)13-2)5-10-8(12)14-3;1-4(5(9)7-2)6(10)8-3/h8H,4-7H2,1-3H3,(H,11,13)(H,12,14);4-5H2,1-3H3,(H,9,13)(H,10,14);2*6H,4-5H2,1-3H3,(H,9,11)(H,10,12);4H,1-3H3,(H,7,9)(H,8,10)/i5*1D. The van der Waals surface area contributed by atoms with E-state index < -0.39 is 79.3 Å². The van der Waals surface area contributed by atoms with Gasteiger partial charge in [0.25, 0.3) is 0 Å². The van der Waals surface area contributed by atoms with Crippen molar-refractivity contribution in [3.8, 4) is 0 Å². The van der Waals surface area contributed by atoms with Crippen LogP contribution in [0.25, 0.3) is 0 Å². The van der Waals surface area contributed by atoms with Gasteiger partial charge in [-0.3, -0.25) is 14.4 Å². The highest BCUT2D eigenvalue weighted by Crippen LogP contribution is 2.00. The molecule has 0 saturated heterocycles. The molecule has 0 radical (unpaired) electrons. The lowest BCUT2D eigenvalue weighted by Crippen LogP contribution is -2.46. The molecule has 30 nitrogen and oxygen atoms in total. The van der Waals surface area contributed by atoms with Crippen molar-refractivity contribution in [2.45, 2.75) is 59.8 Å². The highest BCUT2D eigenvalue weighted by molar-refractivity contribution is 5.99. The van der Waals surface area contributed by atoms with Crippen molar-refractivity contribution in [2.75, 3.05) is 117 Å². The molecule has 10 N–H and O–H groups in total. The van der Waals surface area contributed by atoms with Crippen molar-refractivity contribution in [1.29, 1.82) is 0 Å². The average molecular weight is 1020 g/mol. The maximum Gasteiger partial charge on any atom is 0.408 e. The van der Waals surface area contributed by atoms with Gasteiger partial charge in [-0.2, -0.15) is 0 Å². The summed E-state index contributed by atoms with van der Waals surface area (Å²) in [4.78, 5) is 120. The molecule has 0 aliphatic rings. The Bertz CT molecular complexity index is 1520. The molecule has 408 valence electrons. The maximum atomic E-state index is 11.3. The number of rotatable bonds is 20. The Hall–Kier alpha value is -7.43. The summed E-state index contributed by atoms with van der Waals surface area (Å²) < 4.78 is 70.4. The summed E-state index contributed by atoms with van der Waals surface area (Å²) >= 11 is 0. The third-order valence-corrected chi connectivity index (χ3v) is 7.50. The highest BCUT2D eigenvalue weighted by Gasteiger charge is 2.18. The van der Waals surface area contributed by atoms with Crippen LogP contribution in [-0.4, -0.2) is 194 Å². The minimum atomic E-state index is -0.884. The van der Waals surface area contributed by atoms with Gasteiger partial charge in [-0.1, -0.05) is 13.8 Å². The van der Waals surface area contributed by atoms with E-state index in [4.69, 9.17) is 6.85 Å².